The van der Waals surface area contributed by atoms with E-state index in [1.807, 2.05) is 4.90 Å². The number of halogens is 1. The van der Waals surface area contributed by atoms with Crippen molar-refractivity contribution in [3.63, 3.8) is 0 Å². The molecule has 0 saturated carbocycles. The highest BCUT2D eigenvalue weighted by atomic mass is 32.2. The van der Waals surface area contributed by atoms with E-state index < -0.39 is 16.2 Å². The zero-order chi connectivity index (χ0) is 21.7. The van der Waals surface area contributed by atoms with Crippen LogP contribution in [0.5, 0.6) is 0 Å². The molecule has 2 N–H and O–H groups in total. The summed E-state index contributed by atoms with van der Waals surface area (Å²) < 4.78 is 41.3. The number of benzene rings is 1. The van der Waals surface area contributed by atoms with Crippen LogP contribution in [0, 0.1) is 5.82 Å². The number of amides is 2. The molecule has 2 heterocycles. The SMILES string of the molecule is CN(C)S(=O)(=O)N1CCN(Cc2cc(NC(=O)Nc3cccnc3)ccc2F)CC1. The van der Waals surface area contributed by atoms with Crippen LogP contribution in [0.1, 0.15) is 5.56 Å². The zero-order valence-corrected chi connectivity index (χ0v) is 17.7. The average molecular weight is 437 g/mol. The molecule has 0 radical (unpaired) electrons. The number of urea groups is 1. The van der Waals surface area contributed by atoms with Crippen molar-refractivity contribution >= 4 is 27.6 Å². The van der Waals surface area contributed by atoms with Crippen LogP contribution in [0.25, 0.3) is 0 Å². The number of piperazine rings is 1. The first kappa shape index (κ1) is 22.1. The topological polar surface area (TPSA) is 97.9 Å². The molecule has 11 heteroatoms. The fraction of sp³-hybridized carbons (Fsp3) is 0.368. The Balaban J connectivity index is 1.59. The molecule has 2 aromatic rings. The molecule has 1 aliphatic heterocycles. The van der Waals surface area contributed by atoms with Crippen LogP contribution in [0.2, 0.25) is 0 Å². The van der Waals surface area contributed by atoms with Gasteiger partial charge in [-0.15, -0.1) is 0 Å². The van der Waals surface area contributed by atoms with Crippen molar-refractivity contribution in [1.29, 1.82) is 0 Å². The first-order valence-corrected chi connectivity index (χ1v) is 10.8. The summed E-state index contributed by atoms with van der Waals surface area (Å²) >= 11 is 0. The van der Waals surface area contributed by atoms with E-state index >= 15 is 0 Å². The number of carbonyl (C=O) groups excluding carboxylic acids is 1. The molecular weight excluding hydrogens is 411 g/mol. The minimum atomic E-state index is -3.44. The fourth-order valence-corrected chi connectivity index (χ4v) is 4.18. The van der Waals surface area contributed by atoms with E-state index in [0.717, 1.165) is 0 Å². The van der Waals surface area contributed by atoms with E-state index in [1.54, 1.807) is 24.4 Å². The van der Waals surface area contributed by atoms with Gasteiger partial charge in [-0.3, -0.25) is 9.88 Å². The Kier molecular flexibility index (Phi) is 6.98. The second-order valence-electron chi connectivity index (χ2n) is 7.09. The van der Waals surface area contributed by atoms with Crippen molar-refractivity contribution in [3.8, 4) is 0 Å². The molecule has 0 unspecified atom stereocenters. The molecule has 1 aromatic carbocycles. The number of aromatic nitrogens is 1. The van der Waals surface area contributed by atoms with Crippen molar-refractivity contribution in [1.82, 2.24) is 18.5 Å². The number of pyridine rings is 1. The van der Waals surface area contributed by atoms with E-state index in [1.165, 1.54) is 41.0 Å². The Bertz CT molecular complexity index is 979. The average Bonchev–Trinajstić information content (AvgIpc) is 2.71. The number of hydrogen-bond donors (Lipinski definition) is 2. The van der Waals surface area contributed by atoms with Gasteiger partial charge in [0.05, 0.1) is 11.9 Å². The van der Waals surface area contributed by atoms with Crippen molar-refractivity contribution in [2.45, 2.75) is 6.54 Å². The molecule has 0 bridgehead atoms. The van der Waals surface area contributed by atoms with Gasteiger partial charge in [0.1, 0.15) is 5.82 Å². The molecular formula is C19H25FN6O3S. The van der Waals surface area contributed by atoms with Gasteiger partial charge >= 0.3 is 6.03 Å². The van der Waals surface area contributed by atoms with Crippen LogP contribution >= 0.6 is 0 Å². The number of rotatable bonds is 6. The van der Waals surface area contributed by atoms with E-state index in [2.05, 4.69) is 15.6 Å². The first-order valence-electron chi connectivity index (χ1n) is 9.42. The molecule has 1 fully saturated rings. The second-order valence-corrected chi connectivity index (χ2v) is 9.23. The summed E-state index contributed by atoms with van der Waals surface area (Å²) in [5.74, 6) is -0.378. The van der Waals surface area contributed by atoms with Crippen LogP contribution in [-0.4, -0.2) is 73.2 Å². The number of nitrogens with one attached hydrogen (secondary N) is 2. The quantitative estimate of drug-likeness (QED) is 0.720. The maximum absolute atomic E-state index is 14.3. The molecule has 0 spiro atoms. The molecule has 0 atom stereocenters. The van der Waals surface area contributed by atoms with Crippen LogP contribution in [0.15, 0.2) is 42.7 Å². The maximum atomic E-state index is 14.3. The normalized spacial score (nSPS) is 15.9. The highest BCUT2D eigenvalue weighted by molar-refractivity contribution is 7.86. The van der Waals surface area contributed by atoms with Crippen molar-refractivity contribution in [2.24, 2.45) is 0 Å². The summed E-state index contributed by atoms with van der Waals surface area (Å²) in [6.07, 6.45) is 3.12. The molecule has 1 aromatic heterocycles. The van der Waals surface area contributed by atoms with Gasteiger partial charge < -0.3 is 10.6 Å². The summed E-state index contributed by atoms with van der Waals surface area (Å²) in [7, 11) is -0.443. The molecule has 30 heavy (non-hydrogen) atoms. The summed E-state index contributed by atoms with van der Waals surface area (Å²) in [5.41, 5.74) is 1.43. The van der Waals surface area contributed by atoms with Gasteiger partial charge in [0.25, 0.3) is 10.2 Å². The third kappa shape index (κ3) is 5.51. The predicted octanol–water partition coefficient (Wildman–Crippen LogP) is 1.79. The third-order valence-corrected chi connectivity index (χ3v) is 6.68. The monoisotopic (exact) mass is 436 g/mol. The molecule has 1 saturated heterocycles. The lowest BCUT2D eigenvalue weighted by Crippen LogP contribution is -2.51. The van der Waals surface area contributed by atoms with E-state index in [-0.39, 0.29) is 5.82 Å². The summed E-state index contributed by atoms with van der Waals surface area (Å²) in [6.45, 7) is 1.99. The van der Waals surface area contributed by atoms with Gasteiger partial charge in [-0.1, -0.05) is 0 Å². The molecule has 3 rings (SSSR count). The van der Waals surface area contributed by atoms with Gasteiger partial charge in [0.2, 0.25) is 0 Å². The number of carbonyl (C=O) groups is 1. The van der Waals surface area contributed by atoms with Crippen LogP contribution < -0.4 is 10.6 Å². The first-order chi connectivity index (χ1) is 14.3. The fourth-order valence-electron chi connectivity index (χ4n) is 3.09. The molecule has 9 nitrogen and oxygen atoms in total. The Labute approximate surface area is 175 Å². The lowest BCUT2D eigenvalue weighted by Gasteiger charge is -2.35. The Hall–Kier alpha value is -2.60. The summed E-state index contributed by atoms with van der Waals surface area (Å²) in [5, 5.41) is 5.33. The van der Waals surface area contributed by atoms with E-state index in [9.17, 15) is 17.6 Å². The van der Waals surface area contributed by atoms with Gasteiger partial charge in [0.15, 0.2) is 0 Å². The predicted molar refractivity (Wildman–Crippen MR) is 113 cm³/mol. The van der Waals surface area contributed by atoms with Crippen LogP contribution in [-0.2, 0) is 16.8 Å². The lowest BCUT2D eigenvalue weighted by atomic mass is 10.1. The molecule has 2 amide bonds. The highest BCUT2D eigenvalue weighted by Gasteiger charge is 2.28. The van der Waals surface area contributed by atoms with Crippen LogP contribution in [0.3, 0.4) is 0 Å². The number of anilines is 2. The second kappa shape index (κ2) is 9.47. The minimum absolute atomic E-state index is 0.321. The highest BCUT2D eigenvalue weighted by Crippen LogP contribution is 2.19. The van der Waals surface area contributed by atoms with Gasteiger partial charge in [0, 0.05) is 64.3 Å². The van der Waals surface area contributed by atoms with Gasteiger partial charge in [-0.2, -0.15) is 17.0 Å². The van der Waals surface area contributed by atoms with Gasteiger partial charge in [-0.25, -0.2) is 9.18 Å². The summed E-state index contributed by atoms with van der Waals surface area (Å²) in [4.78, 5) is 18.0. The number of hydrogen-bond acceptors (Lipinski definition) is 5. The van der Waals surface area contributed by atoms with Crippen molar-refractivity contribution in [2.75, 3.05) is 50.9 Å². The van der Waals surface area contributed by atoms with Crippen molar-refractivity contribution in [3.05, 3.63) is 54.1 Å². The minimum Gasteiger partial charge on any atom is -0.308 e. The van der Waals surface area contributed by atoms with Gasteiger partial charge in [-0.05, 0) is 30.3 Å². The smallest absolute Gasteiger partial charge is 0.308 e. The van der Waals surface area contributed by atoms with E-state index in [0.29, 0.717) is 49.7 Å². The maximum Gasteiger partial charge on any atom is 0.323 e. The standard InChI is InChI=1S/C19H25FN6O3S/c1-24(2)30(28,29)26-10-8-25(9-11-26)14-15-12-16(5-6-18(15)20)22-19(27)23-17-4-3-7-21-13-17/h3-7,12-13H,8-11,14H2,1-2H3,(H2,22,23,27). The Morgan fingerprint density at radius 3 is 2.47 bits per heavy atom. The largest absolute Gasteiger partial charge is 0.323 e. The number of nitrogens with zero attached hydrogens (tertiary/aromatic N) is 4. The third-order valence-electron chi connectivity index (χ3n) is 4.74. The summed E-state index contributed by atoms with van der Waals surface area (Å²) in [6, 6.07) is 7.34. The Morgan fingerprint density at radius 1 is 1.13 bits per heavy atom. The Morgan fingerprint density at radius 2 is 1.83 bits per heavy atom. The zero-order valence-electron chi connectivity index (χ0n) is 16.9. The van der Waals surface area contributed by atoms with Crippen LogP contribution in [0.4, 0.5) is 20.6 Å². The molecule has 0 aliphatic carbocycles. The lowest BCUT2D eigenvalue weighted by molar-refractivity contribution is 0.175. The van der Waals surface area contributed by atoms with E-state index in [4.69, 9.17) is 0 Å². The molecule has 1 aliphatic rings. The van der Waals surface area contributed by atoms with Crippen molar-refractivity contribution < 1.29 is 17.6 Å². The molecule has 162 valence electrons.